The highest BCUT2D eigenvalue weighted by atomic mass is 127. The molecule has 1 aromatic rings. The first-order chi connectivity index (χ1) is 12.7. The number of nitrogens with zero attached hydrogens (tertiary/aromatic N) is 2. The van der Waals surface area contributed by atoms with E-state index in [0.29, 0.717) is 12.6 Å². The number of hydrogen-bond acceptors (Lipinski definition) is 3. The number of phenols is 1. The second-order valence-electron chi connectivity index (χ2n) is 7.36. The first-order valence-electron chi connectivity index (χ1n) is 9.70. The lowest BCUT2D eigenvalue weighted by Crippen LogP contribution is -2.46. The minimum Gasteiger partial charge on any atom is -0.505 e. The summed E-state index contributed by atoms with van der Waals surface area (Å²) >= 11 is 0. The van der Waals surface area contributed by atoms with Crippen LogP contribution in [0.3, 0.4) is 0 Å². The number of nitrogens with one attached hydrogen (secondary N) is 1. The van der Waals surface area contributed by atoms with Gasteiger partial charge in [-0.2, -0.15) is 0 Å². The van der Waals surface area contributed by atoms with Gasteiger partial charge in [-0.05, 0) is 49.3 Å². The quantitative estimate of drug-likeness (QED) is 0.373. The van der Waals surface area contributed by atoms with E-state index in [9.17, 15) is 9.50 Å². The maximum Gasteiger partial charge on any atom is 0.193 e. The van der Waals surface area contributed by atoms with Gasteiger partial charge in [0.25, 0.3) is 0 Å². The second kappa shape index (κ2) is 11.0. The van der Waals surface area contributed by atoms with Gasteiger partial charge in [-0.3, -0.25) is 4.99 Å². The normalized spacial score (nSPS) is 19.2. The predicted molar refractivity (Wildman–Crippen MR) is 116 cm³/mol. The summed E-state index contributed by atoms with van der Waals surface area (Å²) in [5, 5.41) is 12.6. The van der Waals surface area contributed by atoms with Crippen LogP contribution in [0.2, 0.25) is 0 Å². The van der Waals surface area contributed by atoms with Crippen molar-refractivity contribution < 1.29 is 14.2 Å². The van der Waals surface area contributed by atoms with Crippen molar-refractivity contribution >= 4 is 29.9 Å². The van der Waals surface area contributed by atoms with Gasteiger partial charge >= 0.3 is 0 Å². The molecule has 7 heteroatoms. The molecule has 1 saturated heterocycles. The fraction of sp³-hybridized carbons (Fsp3) is 0.650. The van der Waals surface area contributed by atoms with E-state index < -0.39 is 5.82 Å². The van der Waals surface area contributed by atoms with Crippen LogP contribution in [0.4, 0.5) is 4.39 Å². The van der Waals surface area contributed by atoms with Gasteiger partial charge in [0.1, 0.15) is 0 Å². The van der Waals surface area contributed by atoms with Crippen LogP contribution in [-0.4, -0.2) is 48.8 Å². The standard InChI is InChI=1S/C20H30FN3O2.HI/c1-22-20(23-13-16-6-7-19(25)18(21)12-16)24-10-8-17(9-11-24)26-14-15-4-2-3-5-15;/h6-7,12,15,17,25H,2-5,8-11,13-14H2,1H3,(H,22,23);1H. The number of benzene rings is 1. The summed E-state index contributed by atoms with van der Waals surface area (Å²) in [5.74, 6) is 0.679. The highest BCUT2D eigenvalue weighted by Crippen LogP contribution is 2.26. The average Bonchev–Trinajstić information content (AvgIpc) is 3.18. The molecule has 1 aliphatic carbocycles. The number of guanidine groups is 1. The number of likely N-dealkylation sites (tertiary alicyclic amines) is 1. The molecule has 1 heterocycles. The molecule has 0 unspecified atom stereocenters. The summed E-state index contributed by atoms with van der Waals surface area (Å²) in [5.41, 5.74) is 0.774. The number of phenolic OH excluding ortho intramolecular Hbond substituents is 1. The molecule has 27 heavy (non-hydrogen) atoms. The predicted octanol–water partition coefficient (Wildman–Crippen LogP) is 3.90. The molecule has 1 saturated carbocycles. The smallest absolute Gasteiger partial charge is 0.193 e. The number of ether oxygens (including phenoxy) is 1. The van der Waals surface area contributed by atoms with Crippen LogP contribution in [0.5, 0.6) is 5.75 Å². The third kappa shape index (κ3) is 6.48. The van der Waals surface area contributed by atoms with Crippen molar-refractivity contribution in [2.75, 3.05) is 26.7 Å². The van der Waals surface area contributed by atoms with Crippen LogP contribution in [-0.2, 0) is 11.3 Å². The Bertz CT molecular complexity index is 615. The van der Waals surface area contributed by atoms with Crippen LogP contribution >= 0.6 is 24.0 Å². The van der Waals surface area contributed by atoms with Crippen molar-refractivity contribution in [1.82, 2.24) is 10.2 Å². The molecule has 0 atom stereocenters. The van der Waals surface area contributed by atoms with Gasteiger partial charge < -0.3 is 20.1 Å². The minimum absolute atomic E-state index is 0. The lowest BCUT2D eigenvalue weighted by molar-refractivity contribution is 0.00101. The third-order valence-electron chi connectivity index (χ3n) is 5.46. The summed E-state index contributed by atoms with van der Waals surface area (Å²) in [6.45, 7) is 3.23. The number of aromatic hydroxyl groups is 1. The maximum atomic E-state index is 13.4. The Balaban J connectivity index is 0.00000261. The fourth-order valence-corrected chi connectivity index (χ4v) is 3.86. The molecule has 0 bridgehead atoms. The fourth-order valence-electron chi connectivity index (χ4n) is 3.86. The van der Waals surface area contributed by atoms with E-state index in [4.69, 9.17) is 4.74 Å². The Labute approximate surface area is 178 Å². The molecule has 0 radical (unpaired) electrons. The first-order valence-corrected chi connectivity index (χ1v) is 9.70. The van der Waals surface area contributed by atoms with Gasteiger partial charge in [-0.25, -0.2) is 4.39 Å². The Morgan fingerprint density at radius 1 is 1.26 bits per heavy atom. The van der Waals surface area contributed by atoms with Crippen LogP contribution in [0, 0.1) is 11.7 Å². The molecule has 5 nitrogen and oxygen atoms in total. The van der Waals surface area contributed by atoms with Crippen LogP contribution in [0.25, 0.3) is 0 Å². The van der Waals surface area contributed by atoms with Gasteiger partial charge in [-0.15, -0.1) is 24.0 Å². The first kappa shape index (κ1) is 22.2. The Hall–Kier alpha value is -1.09. The zero-order chi connectivity index (χ0) is 18.4. The van der Waals surface area contributed by atoms with E-state index in [-0.39, 0.29) is 29.7 Å². The average molecular weight is 491 g/mol. The number of aliphatic imine (C=N–C) groups is 1. The van der Waals surface area contributed by atoms with E-state index in [1.807, 2.05) is 0 Å². The Kier molecular flexibility index (Phi) is 9.08. The molecule has 0 aromatic heterocycles. The SMILES string of the molecule is CN=C(NCc1ccc(O)c(F)c1)N1CCC(OCC2CCCC2)CC1.I. The van der Waals surface area contributed by atoms with Crippen LogP contribution in [0.15, 0.2) is 23.2 Å². The second-order valence-corrected chi connectivity index (χ2v) is 7.36. The molecule has 2 fully saturated rings. The lowest BCUT2D eigenvalue weighted by Gasteiger charge is -2.34. The zero-order valence-electron chi connectivity index (χ0n) is 16.0. The molecular weight excluding hydrogens is 460 g/mol. The van der Waals surface area contributed by atoms with Gasteiger partial charge in [-0.1, -0.05) is 18.9 Å². The van der Waals surface area contributed by atoms with Crippen LogP contribution in [0.1, 0.15) is 44.1 Å². The highest BCUT2D eigenvalue weighted by Gasteiger charge is 2.23. The minimum atomic E-state index is -0.598. The molecule has 1 aromatic carbocycles. The van der Waals surface area contributed by atoms with Crippen molar-refractivity contribution in [2.24, 2.45) is 10.9 Å². The number of hydrogen-bond donors (Lipinski definition) is 2. The molecule has 0 amide bonds. The van der Waals surface area contributed by atoms with Gasteiger partial charge in [0.2, 0.25) is 0 Å². The molecular formula is C20H31FIN3O2. The van der Waals surface area contributed by atoms with Crippen molar-refractivity contribution in [3.05, 3.63) is 29.6 Å². The largest absolute Gasteiger partial charge is 0.505 e. The molecule has 2 aliphatic rings. The highest BCUT2D eigenvalue weighted by molar-refractivity contribution is 14.0. The molecule has 0 spiro atoms. The lowest BCUT2D eigenvalue weighted by atomic mass is 10.1. The van der Waals surface area contributed by atoms with Crippen molar-refractivity contribution in [1.29, 1.82) is 0 Å². The van der Waals surface area contributed by atoms with Crippen molar-refractivity contribution in [3.8, 4) is 5.75 Å². The topological polar surface area (TPSA) is 57.1 Å². The Morgan fingerprint density at radius 3 is 2.59 bits per heavy atom. The van der Waals surface area contributed by atoms with Crippen molar-refractivity contribution in [3.63, 3.8) is 0 Å². The summed E-state index contributed by atoms with van der Waals surface area (Å²) < 4.78 is 19.6. The summed E-state index contributed by atoms with van der Waals surface area (Å²) in [6.07, 6.45) is 7.76. The molecule has 152 valence electrons. The monoisotopic (exact) mass is 491 g/mol. The number of rotatable bonds is 5. The molecule has 1 aliphatic heterocycles. The molecule has 3 rings (SSSR count). The van der Waals surface area contributed by atoms with E-state index in [2.05, 4.69) is 15.2 Å². The van der Waals surface area contributed by atoms with E-state index in [0.717, 1.165) is 50.0 Å². The van der Waals surface area contributed by atoms with E-state index in [1.54, 1.807) is 13.1 Å². The van der Waals surface area contributed by atoms with E-state index >= 15 is 0 Å². The number of piperidine rings is 1. The van der Waals surface area contributed by atoms with Gasteiger partial charge in [0.05, 0.1) is 6.10 Å². The summed E-state index contributed by atoms with van der Waals surface area (Å²) in [4.78, 5) is 6.58. The summed E-state index contributed by atoms with van der Waals surface area (Å²) in [7, 11) is 1.77. The van der Waals surface area contributed by atoms with E-state index in [1.165, 1.54) is 37.8 Å². The Morgan fingerprint density at radius 2 is 1.96 bits per heavy atom. The zero-order valence-corrected chi connectivity index (χ0v) is 18.3. The third-order valence-corrected chi connectivity index (χ3v) is 5.46. The maximum absolute atomic E-state index is 13.4. The molecule has 2 N–H and O–H groups in total. The van der Waals surface area contributed by atoms with Crippen LogP contribution < -0.4 is 5.32 Å². The van der Waals surface area contributed by atoms with Gasteiger partial charge in [0, 0.05) is 33.3 Å². The van der Waals surface area contributed by atoms with Gasteiger partial charge in [0.15, 0.2) is 17.5 Å². The summed E-state index contributed by atoms with van der Waals surface area (Å²) in [6, 6.07) is 4.43. The van der Waals surface area contributed by atoms with Crippen molar-refractivity contribution in [2.45, 2.75) is 51.2 Å². The number of halogens is 2.